The van der Waals surface area contributed by atoms with Gasteiger partial charge < -0.3 is 15.1 Å². The van der Waals surface area contributed by atoms with Crippen LogP contribution in [0.25, 0.3) is 16.7 Å². The van der Waals surface area contributed by atoms with Gasteiger partial charge in [-0.3, -0.25) is 0 Å². The molecule has 0 aliphatic heterocycles. The maximum atomic E-state index is 6.21. The Morgan fingerprint density at radius 1 is 1.15 bits per heavy atom. The van der Waals surface area contributed by atoms with E-state index in [1.54, 1.807) is 0 Å². The van der Waals surface area contributed by atoms with Crippen molar-refractivity contribution in [3.8, 4) is 0 Å². The van der Waals surface area contributed by atoms with E-state index in [9.17, 15) is 0 Å². The van der Waals surface area contributed by atoms with Crippen LogP contribution in [0.2, 0.25) is 0 Å². The SMILES string of the molecule is CNC1=C(NC2=CCCc3c2oc2ccccc32)CC2C=CC=CC2=C1. The Labute approximate surface area is 153 Å². The molecule has 1 atom stereocenters. The number of nitrogens with one attached hydrogen (secondary N) is 2. The molecule has 0 saturated heterocycles. The molecular weight excluding hydrogens is 320 g/mol. The molecule has 1 heterocycles. The highest BCUT2D eigenvalue weighted by molar-refractivity contribution is 5.87. The molecule has 1 unspecified atom stereocenters. The zero-order chi connectivity index (χ0) is 17.5. The van der Waals surface area contributed by atoms with Crippen molar-refractivity contribution < 1.29 is 4.42 Å². The number of benzene rings is 1. The van der Waals surface area contributed by atoms with Crippen LogP contribution in [-0.4, -0.2) is 7.05 Å². The van der Waals surface area contributed by atoms with Gasteiger partial charge in [0.15, 0.2) is 5.76 Å². The lowest BCUT2D eigenvalue weighted by atomic mass is 9.85. The zero-order valence-corrected chi connectivity index (χ0v) is 14.9. The highest BCUT2D eigenvalue weighted by atomic mass is 16.3. The van der Waals surface area contributed by atoms with Gasteiger partial charge >= 0.3 is 0 Å². The van der Waals surface area contributed by atoms with Crippen molar-refractivity contribution in [1.29, 1.82) is 0 Å². The van der Waals surface area contributed by atoms with Crippen molar-refractivity contribution in [2.45, 2.75) is 19.3 Å². The molecule has 0 amide bonds. The van der Waals surface area contributed by atoms with Crippen LogP contribution in [0, 0.1) is 5.92 Å². The maximum absolute atomic E-state index is 6.21. The minimum atomic E-state index is 0.443. The van der Waals surface area contributed by atoms with Crippen LogP contribution in [-0.2, 0) is 6.42 Å². The average Bonchev–Trinajstić information content (AvgIpc) is 3.07. The van der Waals surface area contributed by atoms with Crippen LogP contribution in [0.1, 0.15) is 24.2 Å². The van der Waals surface area contributed by atoms with Crippen molar-refractivity contribution in [2.24, 2.45) is 5.92 Å². The van der Waals surface area contributed by atoms with Crippen LogP contribution in [0.15, 0.2) is 82.1 Å². The first-order valence-electron chi connectivity index (χ1n) is 9.29. The van der Waals surface area contributed by atoms with Gasteiger partial charge in [0.05, 0.1) is 11.4 Å². The van der Waals surface area contributed by atoms with Gasteiger partial charge in [0.25, 0.3) is 0 Å². The van der Waals surface area contributed by atoms with E-state index in [4.69, 9.17) is 4.42 Å². The topological polar surface area (TPSA) is 37.2 Å². The van der Waals surface area contributed by atoms with Crippen LogP contribution in [0.5, 0.6) is 0 Å². The monoisotopic (exact) mass is 342 g/mol. The summed E-state index contributed by atoms with van der Waals surface area (Å²) in [6.45, 7) is 0. The molecule has 3 nitrogen and oxygen atoms in total. The van der Waals surface area contributed by atoms with E-state index in [0.717, 1.165) is 42.0 Å². The fourth-order valence-electron chi connectivity index (χ4n) is 4.15. The first-order chi connectivity index (χ1) is 12.8. The minimum Gasteiger partial charge on any atom is -0.454 e. The summed E-state index contributed by atoms with van der Waals surface area (Å²) < 4.78 is 6.21. The summed E-state index contributed by atoms with van der Waals surface area (Å²) in [5.74, 6) is 1.44. The zero-order valence-electron chi connectivity index (χ0n) is 14.9. The number of hydrogen-bond acceptors (Lipinski definition) is 3. The van der Waals surface area contributed by atoms with Gasteiger partial charge in [-0.1, -0.05) is 48.6 Å². The summed E-state index contributed by atoms with van der Waals surface area (Å²) in [6, 6.07) is 8.33. The first kappa shape index (κ1) is 15.3. The van der Waals surface area contributed by atoms with E-state index in [1.807, 2.05) is 13.1 Å². The minimum absolute atomic E-state index is 0.443. The lowest BCUT2D eigenvalue weighted by Gasteiger charge is -2.28. The molecule has 0 spiro atoms. The van der Waals surface area contributed by atoms with Gasteiger partial charge in [-0.25, -0.2) is 0 Å². The summed E-state index contributed by atoms with van der Waals surface area (Å²) in [7, 11) is 1.98. The molecule has 0 saturated carbocycles. The van der Waals surface area contributed by atoms with Crippen molar-refractivity contribution in [2.75, 3.05) is 7.05 Å². The molecule has 1 aromatic heterocycles. The second kappa shape index (κ2) is 6.10. The van der Waals surface area contributed by atoms with Crippen molar-refractivity contribution in [3.05, 3.63) is 89.0 Å². The van der Waals surface area contributed by atoms with Gasteiger partial charge in [0, 0.05) is 29.6 Å². The van der Waals surface area contributed by atoms with Gasteiger partial charge in [-0.2, -0.15) is 0 Å². The molecular formula is C23H22N2O. The van der Waals surface area contributed by atoms with Crippen LogP contribution in [0.3, 0.4) is 0 Å². The van der Waals surface area contributed by atoms with Gasteiger partial charge in [-0.15, -0.1) is 0 Å². The number of aryl methyl sites for hydroxylation is 1. The fourth-order valence-corrected chi connectivity index (χ4v) is 4.15. The maximum Gasteiger partial charge on any atom is 0.154 e. The second-order valence-electron chi connectivity index (χ2n) is 7.03. The lowest BCUT2D eigenvalue weighted by molar-refractivity contribution is 0.581. The molecule has 2 aromatic rings. The number of allylic oxidation sites excluding steroid dienone is 8. The molecule has 1 aromatic carbocycles. The summed E-state index contributed by atoms with van der Waals surface area (Å²) in [5, 5.41) is 8.28. The van der Waals surface area contributed by atoms with E-state index in [-0.39, 0.29) is 0 Å². The molecule has 3 aliphatic rings. The molecule has 3 aliphatic carbocycles. The van der Waals surface area contributed by atoms with E-state index in [0.29, 0.717) is 5.92 Å². The van der Waals surface area contributed by atoms with Gasteiger partial charge in [0.2, 0.25) is 0 Å². The number of rotatable bonds is 3. The number of para-hydroxylation sites is 1. The Bertz CT molecular complexity index is 1030. The van der Waals surface area contributed by atoms with E-state index in [2.05, 4.69) is 65.3 Å². The number of furan rings is 1. The van der Waals surface area contributed by atoms with E-state index in [1.165, 1.54) is 22.2 Å². The Morgan fingerprint density at radius 3 is 3.00 bits per heavy atom. The summed E-state index contributed by atoms with van der Waals surface area (Å²) in [6.07, 6.45) is 16.3. The molecule has 130 valence electrons. The Kier molecular flexibility index (Phi) is 3.59. The first-order valence-corrected chi connectivity index (χ1v) is 9.29. The highest BCUT2D eigenvalue weighted by Gasteiger charge is 2.25. The Morgan fingerprint density at radius 2 is 2.08 bits per heavy atom. The summed E-state index contributed by atoms with van der Waals surface area (Å²) in [4.78, 5) is 0. The number of hydrogen-bond donors (Lipinski definition) is 2. The summed E-state index contributed by atoms with van der Waals surface area (Å²) >= 11 is 0. The molecule has 0 radical (unpaired) electrons. The third-order valence-electron chi connectivity index (χ3n) is 5.47. The predicted octanol–water partition coefficient (Wildman–Crippen LogP) is 4.81. The molecule has 3 heteroatoms. The molecule has 0 bridgehead atoms. The van der Waals surface area contributed by atoms with Gasteiger partial charge in [0.1, 0.15) is 5.58 Å². The summed E-state index contributed by atoms with van der Waals surface area (Å²) in [5.41, 5.74) is 7.13. The van der Waals surface area contributed by atoms with Crippen molar-refractivity contribution in [1.82, 2.24) is 10.6 Å². The standard InChI is InChI=1S/C23H22N2O/c1-24-20-13-15-7-2-3-8-16(15)14-21(20)25-19-11-6-10-18-17-9-4-5-12-22(17)26-23(18)19/h2-5,7-9,11-13,16,24-25H,6,10,14H2,1H3. The lowest BCUT2D eigenvalue weighted by Crippen LogP contribution is -2.25. The third kappa shape index (κ3) is 2.43. The van der Waals surface area contributed by atoms with Crippen molar-refractivity contribution >= 4 is 16.7 Å². The van der Waals surface area contributed by atoms with E-state index < -0.39 is 0 Å². The van der Waals surface area contributed by atoms with Crippen LogP contribution >= 0.6 is 0 Å². The van der Waals surface area contributed by atoms with Crippen LogP contribution in [0.4, 0.5) is 0 Å². The third-order valence-corrected chi connectivity index (χ3v) is 5.47. The van der Waals surface area contributed by atoms with Crippen molar-refractivity contribution in [3.63, 3.8) is 0 Å². The largest absolute Gasteiger partial charge is 0.454 e. The Hall–Kier alpha value is -2.94. The average molecular weight is 342 g/mol. The fraction of sp³-hybridized carbons (Fsp3) is 0.217. The normalized spacial score (nSPS) is 21.2. The molecule has 26 heavy (non-hydrogen) atoms. The van der Waals surface area contributed by atoms with E-state index >= 15 is 0 Å². The Balaban J connectivity index is 1.53. The quantitative estimate of drug-likeness (QED) is 0.840. The second-order valence-corrected chi connectivity index (χ2v) is 7.03. The highest BCUT2D eigenvalue weighted by Crippen LogP contribution is 2.36. The van der Waals surface area contributed by atoms with Gasteiger partial charge in [-0.05, 0) is 37.0 Å². The molecule has 5 rings (SSSR count). The molecule has 0 fully saturated rings. The van der Waals surface area contributed by atoms with Crippen LogP contribution < -0.4 is 10.6 Å². The number of likely N-dealkylation sites (N-methyl/N-ethyl adjacent to an activating group) is 1. The molecule has 2 N–H and O–H groups in total. The number of fused-ring (bicyclic) bond motifs is 4. The predicted molar refractivity (Wildman–Crippen MR) is 106 cm³/mol. The smallest absolute Gasteiger partial charge is 0.154 e.